The zero-order valence-corrected chi connectivity index (χ0v) is 60.9. The molecule has 0 spiro atoms. The van der Waals surface area contributed by atoms with E-state index in [1.54, 1.807) is 4.57 Å². The Morgan fingerprint density at radius 1 is 0.314 bits per heavy atom. The molecule has 0 fully saturated rings. The molecule has 14 aromatic rings. The van der Waals surface area contributed by atoms with E-state index in [9.17, 15) is 13.7 Å². The Morgan fingerprint density at radius 3 is 1.21 bits per heavy atom. The summed E-state index contributed by atoms with van der Waals surface area (Å²) in [4.78, 5) is 10.5. The van der Waals surface area contributed by atoms with Gasteiger partial charge in [0.15, 0.2) is 0 Å². The van der Waals surface area contributed by atoms with E-state index in [1.807, 2.05) is 48.5 Å². The normalized spacial score (nSPS) is 15.0. The van der Waals surface area contributed by atoms with Gasteiger partial charge in [0.1, 0.15) is 0 Å². The van der Waals surface area contributed by atoms with Crippen LogP contribution >= 0.6 is 0 Å². The molecule has 0 unspecified atom stereocenters. The van der Waals surface area contributed by atoms with Gasteiger partial charge in [-0.2, -0.15) is 0 Å². The van der Waals surface area contributed by atoms with Gasteiger partial charge in [0.25, 0.3) is 6.71 Å². The molecule has 0 N–H and O–H groups in total. The number of hydrogen-bond donors (Lipinski definition) is 0. The van der Waals surface area contributed by atoms with Crippen molar-refractivity contribution in [2.75, 3.05) is 9.80 Å². The maximum atomic E-state index is 9.93. The SMILES string of the molecule is [2H]c1c([2H])c([2H])c(-c2ccc3c(c2)N(c2c(-c4ccccc4)cc(C(C)(C)C)cc2-c2ccccc2)c2cc(-c4cc(C(C)(C)C)cc(C(C)(C)C)c4)cc4c2B3c2ccc(-n3c5c([2H])c([2H])c([2H])c([2H])c5c5c([2H])c([2H])c([2H])c([2H])c53)cc2N4c2c(-c3ccccc3)cc(C(C)(C)C)cc2-c2cccc(C(C)(C)C)n2)c([2H])c1[2H]. The van der Waals surface area contributed by atoms with Crippen molar-refractivity contribution >= 4 is 79.0 Å². The molecule has 102 heavy (non-hydrogen) atoms. The molecule has 0 saturated carbocycles. The van der Waals surface area contributed by atoms with E-state index in [4.69, 9.17) is 9.10 Å². The first kappa shape index (κ1) is 52.3. The average molecular weight is 1340 g/mol. The molecule has 0 saturated heterocycles. The maximum Gasteiger partial charge on any atom is 0.252 e. The third-order valence-corrected chi connectivity index (χ3v) is 20.6. The number of pyridine rings is 1. The third-order valence-electron chi connectivity index (χ3n) is 20.6. The predicted octanol–water partition coefficient (Wildman–Crippen LogP) is 24.8. The first-order valence-electron chi connectivity index (χ1n) is 42.0. The van der Waals surface area contributed by atoms with Crippen LogP contribution in [0.4, 0.5) is 34.1 Å². The molecule has 0 amide bonds. The number of fused-ring (bicyclic) bond motifs is 7. The van der Waals surface area contributed by atoms with Crippen LogP contribution in [0.1, 0.15) is 150 Å². The van der Waals surface area contributed by atoms with Crippen molar-refractivity contribution in [1.82, 2.24) is 9.55 Å². The minimum Gasteiger partial charge on any atom is -0.310 e. The predicted molar refractivity (Wildman–Crippen MR) is 439 cm³/mol. The monoisotopic (exact) mass is 1340 g/mol. The first-order valence-corrected chi connectivity index (χ1v) is 35.5. The zero-order valence-electron chi connectivity index (χ0n) is 73.9. The number of aromatic nitrogens is 2. The second-order valence-electron chi connectivity index (χ2n) is 32.7. The number of nitrogens with zero attached hydrogens (tertiary/aromatic N) is 4. The molecule has 502 valence electrons. The van der Waals surface area contributed by atoms with Gasteiger partial charge < -0.3 is 14.4 Å². The summed E-state index contributed by atoms with van der Waals surface area (Å²) in [6, 6.07) is 64.1. The lowest BCUT2D eigenvalue weighted by Gasteiger charge is -2.46. The quantitative estimate of drug-likeness (QED) is 0.135. The molecule has 2 aliphatic rings. The molecule has 0 radical (unpaired) electrons. The van der Waals surface area contributed by atoms with Crippen LogP contribution in [0.3, 0.4) is 0 Å². The minimum atomic E-state index is -0.729. The number of rotatable bonds is 9. The standard InChI is InChI=1S/C97H91BN4/c1-93(2,3)69-51-67(52-70(56-69)94(4,5)6)68-54-87-90-88(55-68)102(92-78(65-39-26-19-27-40-65)59-72(96(10,11)12)60-79(92)82-43-32-46-89(99-82)97(13,14)15)86-61-73(100-83-44-30-28-41-74(83)75-42-29-31-45-84(75)100)48-50-81(86)98(90)80-49-47-66(62-33-20-16-21-34-62)53-85(80)101(87)91-76(63-35-22-17-23-36-63)57-71(95(7,8)9)58-77(91)64-37-24-18-25-38-64/h16-61H,1-15H3/i16D,20D,21D,28D,29D,30D,31D,33D,34D,41D,42D,44D,45D. The van der Waals surface area contributed by atoms with Gasteiger partial charge in [-0.25, -0.2) is 0 Å². The van der Waals surface area contributed by atoms with Gasteiger partial charge in [0.2, 0.25) is 0 Å². The van der Waals surface area contributed by atoms with Crippen LogP contribution in [0.2, 0.25) is 0 Å². The average Bonchev–Trinajstić information content (AvgIpc) is 1.41. The van der Waals surface area contributed by atoms with Crippen molar-refractivity contribution in [2.45, 2.75) is 131 Å². The van der Waals surface area contributed by atoms with E-state index < -0.39 is 84.0 Å². The maximum absolute atomic E-state index is 9.93. The van der Waals surface area contributed by atoms with Gasteiger partial charge in [-0.15, -0.1) is 0 Å². The Bertz CT molecular complexity index is 6220. The lowest BCUT2D eigenvalue weighted by Crippen LogP contribution is -2.61. The zero-order chi connectivity index (χ0) is 82.3. The van der Waals surface area contributed by atoms with Crippen LogP contribution in [0.15, 0.2) is 279 Å². The Labute approximate surface area is 623 Å². The van der Waals surface area contributed by atoms with E-state index in [0.29, 0.717) is 28.3 Å². The highest BCUT2D eigenvalue weighted by Gasteiger charge is 2.46. The Balaban J connectivity index is 1.19. The van der Waals surface area contributed by atoms with Crippen LogP contribution in [-0.2, 0) is 27.1 Å². The van der Waals surface area contributed by atoms with E-state index in [1.165, 1.54) is 0 Å². The molecule has 2 aliphatic heterocycles. The minimum absolute atomic E-state index is 0.0307. The highest BCUT2D eigenvalue weighted by Crippen LogP contribution is 2.56. The van der Waals surface area contributed by atoms with Crippen molar-refractivity contribution in [3.8, 4) is 72.6 Å². The van der Waals surface area contributed by atoms with Crippen molar-refractivity contribution in [1.29, 1.82) is 0 Å². The molecule has 12 aromatic carbocycles. The van der Waals surface area contributed by atoms with Crippen LogP contribution in [-0.4, -0.2) is 16.3 Å². The number of anilines is 6. The van der Waals surface area contributed by atoms with E-state index in [0.717, 1.165) is 117 Å². The molecule has 16 rings (SSSR count). The highest BCUT2D eigenvalue weighted by atomic mass is 15.2. The lowest BCUT2D eigenvalue weighted by molar-refractivity contribution is 0.569. The van der Waals surface area contributed by atoms with Crippen LogP contribution in [0.5, 0.6) is 0 Å². The summed E-state index contributed by atoms with van der Waals surface area (Å²) in [5.41, 5.74) is 19.5. The second kappa shape index (κ2) is 24.5. The molecule has 0 aliphatic carbocycles. The summed E-state index contributed by atoms with van der Waals surface area (Å²) >= 11 is 0. The highest BCUT2D eigenvalue weighted by molar-refractivity contribution is 7.00. The molecular weight excluding hydrogens is 1230 g/mol. The second-order valence-corrected chi connectivity index (χ2v) is 32.7. The summed E-state index contributed by atoms with van der Waals surface area (Å²) in [7, 11) is 0. The Kier molecular flexibility index (Phi) is 12.6. The fourth-order valence-corrected chi connectivity index (χ4v) is 15.0. The molecule has 5 heteroatoms. The van der Waals surface area contributed by atoms with Gasteiger partial charge in [-0.05, 0) is 178 Å². The van der Waals surface area contributed by atoms with E-state index in [2.05, 4.69) is 265 Å². The van der Waals surface area contributed by atoms with Gasteiger partial charge in [-0.1, -0.05) is 304 Å². The summed E-state index contributed by atoms with van der Waals surface area (Å²) in [6.07, 6.45) is 0. The fourth-order valence-electron chi connectivity index (χ4n) is 15.0. The topological polar surface area (TPSA) is 24.3 Å². The first-order chi connectivity index (χ1) is 54.1. The van der Waals surface area contributed by atoms with E-state index >= 15 is 0 Å². The van der Waals surface area contributed by atoms with Crippen molar-refractivity contribution < 1.29 is 17.8 Å². The van der Waals surface area contributed by atoms with E-state index in [-0.39, 0.29) is 55.7 Å². The van der Waals surface area contributed by atoms with Gasteiger partial charge >= 0.3 is 0 Å². The lowest BCUT2D eigenvalue weighted by atomic mass is 9.33. The largest absolute Gasteiger partial charge is 0.310 e. The number of benzene rings is 12. The van der Waals surface area contributed by atoms with Crippen molar-refractivity contribution in [3.05, 3.63) is 307 Å². The van der Waals surface area contributed by atoms with Crippen LogP contribution in [0, 0.1) is 0 Å². The van der Waals surface area contributed by atoms with Gasteiger partial charge in [0, 0.05) is 72.6 Å². The molecule has 0 atom stereocenters. The fraction of sp³-hybridized carbons (Fsp3) is 0.206. The molecule has 4 nitrogen and oxygen atoms in total. The molecule has 0 bridgehead atoms. The third kappa shape index (κ3) is 11.6. The van der Waals surface area contributed by atoms with Crippen LogP contribution in [0.25, 0.3) is 94.4 Å². The summed E-state index contributed by atoms with van der Waals surface area (Å²) in [6.45, 7) is 32.5. The summed E-state index contributed by atoms with van der Waals surface area (Å²) in [5.74, 6) is 0. The molecule has 2 aromatic heterocycles. The Hall–Kier alpha value is -10.7. The molecular formula is C97H91BN4. The summed E-state index contributed by atoms with van der Waals surface area (Å²) in [5, 5.41) is -0.107. The van der Waals surface area contributed by atoms with Gasteiger partial charge in [-0.3, -0.25) is 4.98 Å². The van der Waals surface area contributed by atoms with Crippen molar-refractivity contribution in [3.63, 3.8) is 0 Å². The van der Waals surface area contributed by atoms with Crippen molar-refractivity contribution in [2.24, 2.45) is 0 Å². The summed E-state index contributed by atoms with van der Waals surface area (Å²) < 4.78 is 124. The van der Waals surface area contributed by atoms with Gasteiger partial charge in [0.05, 0.1) is 45.9 Å². The molecule has 4 heterocycles. The number of hydrogen-bond acceptors (Lipinski definition) is 3. The Morgan fingerprint density at radius 2 is 0.725 bits per heavy atom. The van der Waals surface area contributed by atoms with Crippen LogP contribution < -0.4 is 26.2 Å². The smallest absolute Gasteiger partial charge is 0.252 e. The number of para-hydroxylation sites is 2.